The molecule has 3 nitrogen and oxygen atoms in total. The van der Waals surface area contributed by atoms with Crippen molar-refractivity contribution < 1.29 is 18.0 Å². The van der Waals surface area contributed by atoms with Crippen LogP contribution in [0, 0.1) is 0 Å². The van der Waals surface area contributed by atoms with Gasteiger partial charge in [0.05, 0.1) is 5.02 Å². The second kappa shape index (κ2) is 5.96. The molecule has 1 aromatic heterocycles. The van der Waals surface area contributed by atoms with E-state index in [-0.39, 0.29) is 15.9 Å². The van der Waals surface area contributed by atoms with Crippen molar-refractivity contribution in [3.05, 3.63) is 28.0 Å². The van der Waals surface area contributed by atoms with E-state index in [0.29, 0.717) is 4.90 Å². The van der Waals surface area contributed by atoms with Crippen molar-refractivity contribution in [1.29, 1.82) is 0 Å². The lowest BCUT2D eigenvalue weighted by molar-refractivity contribution is -0.143. The predicted molar refractivity (Wildman–Crippen MR) is 66.5 cm³/mol. The van der Waals surface area contributed by atoms with Crippen LogP contribution in [0.1, 0.15) is 24.3 Å². The largest absolute Gasteiger partial charge is 0.406 e. The fraction of sp³-hybridized carbons (Fsp3) is 0.455. The Kier molecular flexibility index (Phi) is 5.04. The van der Waals surface area contributed by atoms with E-state index >= 15 is 0 Å². The molecule has 0 radical (unpaired) electrons. The summed E-state index contributed by atoms with van der Waals surface area (Å²) in [7, 11) is 0. The van der Waals surface area contributed by atoms with Crippen molar-refractivity contribution in [2.45, 2.75) is 26.1 Å². The van der Waals surface area contributed by atoms with E-state index in [1.54, 1.807) is 0 Å². The van der Waals surface area contributed by atoms with Crippen LogP contribution in [-0.4, -0.2) is 34.6 Å². The summed E-state index contributed by atoms with van der Waals surface area (Å²) < 4.78 is 37.3. The van der Waals surface area contributed by atoms with Gasteiger partial charge in [0.2, 0.25) is 0 Å². The standard InChI is InChI=1S/C11H11Cl2F3N2O/c1-6(2)18(5-11(14,15)16)10(19)9-7(12)3-4-8(13)17-9/h3-4,6H,5H2,1-2H3. The van der Waals surface area contributed by atoms with Gasteiger partial charge in [-0.1, -0.05) is 23.2 Å². The second-order valence-corrected chi connectivity index (χ2v) is 4.90. The molecule has 0 aromatic carbocycles. The third kappa shape index (κ3) is 4.54. The molecule has 1 aromatic rings. The van der Waals surface area contributed by atoms with Gasteiger partial charge in [-0.05, 0) is 26.0 Å². The highest BCUT2D eigenvalue weighted by Gasteiger charge is 2.35. The third-order valence-corrected chi connectivity index (χ3v) is 2.76. The summed E-state index contributed by atoms with van der Waals surface area (Å²) in [5, 5.41) is -0.0503. The van der Waals surface area contributed by atoms with Gasteiger partial charge in [-0.3, -0.25) is 4.79 Å². The molecule has 106 valence electrons. The minimum atomic E-state index is -4.50. The number of nitrogens with zero attached hydrogens (tertiary/aromatic N) is 2. The van der Waals surface area contributed by atoms with Crippen molar-refractivity contribution in [1.82, 2.24) is 9.88 Å². The Morgan fingerprint density at radius 1 is 1.37 bits per heavy atom. The summed E-state index contributed by atoms with van der Waals surface area (Å²) in [5.41, 5.74) is -0.285. The van der Waals surface area contributed by atoms with E-state index < -0.39 is 24.7 Å². The second-order valence-electron chi connectivity index (χ2n) is 4.11. The van der Waals surface area contributed by atoms with Crippen LogP contribution in [0.4, 0.5) is 13.2 Å². The SMILES string of the molecule is CC(C)N(CC(F)(F)F)C(=O)c1nc(Cl)ccc1Cl. The van der Waals surface area contributed by atoms with Gasteiger partial charge < -0.3 is 4.90 Å². The Morgan fingerprint density at radius 2 is 1.95 bits per heavy atom. The zero-order valence-corrected chi connectivity index (χ0v) is 11.6. The molecular weight excluding hydrogens is 304 g/mol. The van der Waals surface area contributed by atoms with Crippen molar-refractivity contribution in [2.75, 3.05) is 6.54 Å². The number of pyridine rings is 1. The van der Waals surface area contributed by atoms with E-state index in [9.17, 15) is 18.0 Å². The molecule has 1 amide bonds. The van der Waals surface area contributed by atoms with Crippen LogP contribution >= 0.6 is 23.2 Å². The molecule has 1 heterocycles. The molecule has 0 unspecified atom stereocenters. The molecule has 19 heavy (non-hydrogen) atoms. The molecule has 0 aliphatic heterocycles. The number of hydrogen-bond acceptors (Lipinski definition) is 2. The molecular formula is C11H11Cl2F3N2O. The topological polar surface area (TPSA) is 33.2 Å². The van der Waals surface area contributed by atoms with Gasteiger partial charge in [-0.15, -0.1) is 0 Å². The maximum atomic E-state index is 12.4. The molecule has 0 bridgehead atoms. The molecule has 0 saturated carbocycles. The van der Waals surface area contributed by atoms with Gasteiger partial charge in [0, 0.05) is 6.04 Å². The Hall–Kier alpha value is -1.01. The summed E-state index contributed by atoms with van der Waals surface area (Å²) in [5.74, 6) is -0.903. The maximum Gasteiger partial charge on any atom is 0.406 e. The van der Waals surface area contributed by atoms with Gasteiger partial charge in [-0.25, -0.2) is 4.98 Å². The molecule has 0 atom stereocenters. The fourth-order valence-electron chi connectivity index (χ4n) is 1.39. The quantitative estimate of drug-likeness (QED) is 0.795. The highest BCUT2D eigenvalue weighted by molar-refractivity contribution is 6.34. The first-order valence-corrected chi connectivity index (χ1v) is 6.07. The fourth-order valence-corrected chi connectivity index (χ4v) is 1.72. The Bertz CT molecular complexity index is 477. The Morgan fingerprint density at radius 3 is 2.42 bits per heavy atom. The number of hydrogen-bond donors (Lipinski definition) is 0. The van der Waals surface area contributed by atoms with Crippen molar-refractivity contribution in [2.24, 2.45) is 0 Å². The Balaban J connectivity index is 3.09. The average molecular weight is 315 g/mol. The highest BCUT2D eigenvalue weighted by Crippen LogP contribution is 2.23. The number of halogens is 5. The first kappa shape index (κ1) is 16.0. The molecule has 0 fully saturated rings. The summed E-state index contributed by atoms with van der Waals surface area (Å²) in [6, 6.07) is 2.02. The first-order chi connectivity index (χ1) is 8.61. The number of amides is 1. The third-order valence-electron chi connectivity index (χ3n) is 2.25. The number of carbonyl (C=O) groups is 1. The number of aromatic nitrogens is 1. The molecule has 0 spiro atoms. The normalized spacial score (nSPS) is 11.8. The lowest BCUT2D eigenvalue weighted by Gasteiger charge is -2.27. The average Bonchev–Trinajstić information content (AvgIpc) is 2.27. The van der Waals surface area contributed by atoms with Gasteiger partial charge in [0.1, 0.15) is 17.4 Å². The van der Waals surface area contributed by atoms with Gasteiger partial charge in [0.15, 0.2) is 0 Å². The summed E-state index contributed by atoms with van der Waals surface area (Å²) in [6.07, 6.45) is -4.50. The lowest BCUT2D eigenvalue weighted by atomic mass is 10.2. The molecule has 0 saturated heterocycles. The summed E-state index contributed by atoms with van der Waals surface area (Å²) in [6.45, 7) is 1.58. The van der Waals surface area contributed by atoms with Crippen LogP contribution in [0.15, 0.2) is 12.1 Å². The van der Waals surface area contributed by atoms with Crippen molar-refractivity contribution >= 4 is 29.1 Å². The zero-order chi connectivity index (χ0) is 14.8. The summed E-state index contributed by atoms with van der Waals surface area (Å²) >= 11 is 11.4. The number of carbonyl (C=O) groups excluding carboxylic acids is 1. The first-order valence-electron chi connectivity index (χ1n) is 5.31. The molecule has 0 N–H and O–H groups in total. The molecule has 8 heteroatoms. The number of alkyl halides is 3. The van der Waals surface area contributed by atoms with Gasteiger partial charge in [-0.2, -0.15) is 13.2 Å². The highest BCUT2D eigenvalue weighted by atomic mass is 35.5. The zero-order valence-electron chi connectivity index (χ0n) is 10.1. The predicted octanol–water partition coefficient (Wildman–Crippen LogP) is 3.80. The molecule has 1 rings (SSSR count). The van der Waals surface area contributed by atoms with E-state index in [1.165, 1.54) is 26.0 Å². The van der Waals surface area contributed by atoms with Gasteiger partial charge in [0.25, 0.3) is 5.91 Å². The van der Waals surface area contributed by atoms with Crippen molar-refractivity contribution in [3.8, 4) is 0 Å². The van der Waals surface area contributed by atoms with Crippen molar-refractivity contribution in [3.63, 3.8) is 0 Å². The Labute approximate surface area is 118 Å². The van der Waals surface area contributed by atoms with Crippen LogP contribution in [-0.2, 0) is 0 Å². The van der Waals surface area contributed by atoms with Crippen LogP contribution in [0.25, 0.3) is 0 Å². The lowest BCUT2D eigenvalue weighted by Crippen LogP contribution is -2.43. The monoisotopic (exact) mass is 314 g/mol. The molecule has 0 aliphatic carbocycles. The van der Waals surface area contributed by atoms with Gasteiger partial charge >= 0.3 is 6.18 Å². The van der Waals surface area contributed by atoms with Crippen LogP contribution in [0.3, 0.4) is 0 Å². The van der Waals surface area contributed by atoms with E-state index in [2.05, 4.69) is 4.98 Å². The van der Waals surface area contributed by atoms with E-state index in [1.807, 2.05) is 0 Å². The summed E-state index contributed by atoms with van der Waals surface area (Å²) in [4.78, 5) is 16.4. The minimum absolute atomic E-state index is 0.0107. The van der Waals surface area contributed by atoms with E-state index in [4.69, 9.17) is 23.2 Å². The van der Waals surface area contributed by atoms with Crippen LogP contribution < -0.4 is 0 Å². The van der Waals surface area contributed by atoms with E-state index in [0.717, 1.165) is 0 Å². The van der Waals surface area contributed by atoms with Crippen LogP contribution in [0.5, 0.6) is 0 Å². The number of rotatable bonds is 3. The van der Waals surface area contributed by atoms with Crippen LogP contribution in [0.2, 0.25) is 10.2 Å². The minimum Gasteiger partial charge on any atom is -0.326 e. The smallest absolute Gasteiger partial charge is 0.326 e. The maximum absolute atomic E-state index is 12.4. The molecule has 0 aliphatic rings.